The van der Waals surface area contributed by atoms with Crippen molar-refractivity contribution in [1.82, 2.24) is 15.1 Å². The molecule has 2 rings (SSSR count). The third-order valence-electron chi connectivity index (χ3n) is 3.08. The third-order valence-corrected chi connectivity index (χ3v) is 3.61. The lowest BCUT2D eigenvalue weighted by molar-refractivity contribution is 0.707. The normalized spacial score (nSPS) is 10.9. The molecule has 0 spiro atoms. The largest absolute Gasteiger partial charge is 0.313 e. The molecule has 0 saturated carbocycles. The van der Waals surface area contributed by atoms with Crippen LogP contribution in [-0.4, -0.2) is 16.3 Å². The van der Waals surface area contributed by atoms with Crippen LogP contribution in [0.15, 0.2) is 34.9 Å². The fraction of sp³-hybridized carbons (Fsp3) is 0.400. The maximum absolute atomic E-state index is 4.55. The van der Waals surface area contributed by atoms with Crippen molar-refractivity contribution in [2.24, 2.45) is 0 Å². The minimum absolute atomic E-state index is 0.891. The predicted molar refractivity (Wildman–Crippen MR) is 82.6 cm³/mol. The number of aromatic nitrogens is 2. The Balaban J connectivity index is 2.33. The summed E-state index contributed by atoms with van der Waals surface area (Å²) >= 11 is 3.47. The number of halogens is 1. The number of hydrogen-bond acceptors (Lipinski definition) is 2. The molecule has 4 heteroatoms. The molecule has 1 heterocycles. The van der Waals surface area contributed by atoms with Crippen LogP contribution in [-0.2, 0) is 13.0 Å². The van der Waals surface area contributed by atoms with Crippen molar-refractivity contribution < 1.29 is 0 Å². The topological polar surface area (TPSA) is 29.9 Å². The van der Waals surface area contributed by atoms with Crippen LogP contribution in [0.2, 0.25) is 0 Å². The van der Waals surface area contributed by atoms with Gasteiger partial charge in [0, 0.05) is 22.3 Å². The summed E-state index contributed by atoms with van der Waals surface area (Å²) < 4.78 is 3.15. The molecule has 1 aromatic carbocycles. The van der Waals surface area contributed by atoms with Crippen molar-refractivity contribution in [2.75, 3.05) is 6.54 Å². The molecule has 0 radical (unpaired) electrons. The number of benzene rings is 1. The fourth-order valence-electron chi connectivity index (χ4n) is 2.12. The molecule has 1 aromatic heterocycles. The highest BCUT2D eigenvalue weighted by Crippen LogP contribution is 2.19. The first-order valence-electron chi connectivity index (χ1n) is 6.78. The Morgan fingerprint density at radius 2 is 1.95 bits per heavy atom. The van der Waals surface area contributed by atoms with Crippen LogP contribution in [0.25, 0.3) is 5.69 Å². The molecule has 102 valence electrons. The molecule has 0 amide bonds. The highest BCUT2D eigenvalue weighted by molar-refractivity contribution is 9.10. The first kappa shape index (κ1) is 14.3. The lowest BCUT2D eigenvalue weighted by Gasteiger charge is -2.09. The molecule has 0 saturated heterocycles. The number of hydrogen-bond donors (Lipinski definition) is 1. The number of rotatable bonds is 6. The van der Waals surface area contributed by atoms with Crippen LogP contribution < -0.4 is 5.32 Å². The third kappa shape index (κ3) is 3.45. The van der Waals surface area contributed by atoms with Gasteiger partial charge < -0.3 is 5.32 Å². The van der Waals surface area contributed by atoms with Gasteiger partial charge in [-0.3, -0.25) is 0 Å². The van der Waals surface area contributed by atoms with Crippen molar-refractivity contribution >= 4 is 15.9 Å². The Morgan fingerprint density at radius 3 is 2.58 bits per heavy atom. The van der Waals surface area contributed by atoms with Crippen LogP contribution in [0.4, 0.5) is 0 Å². The molecule has 0 aliphatic carbocycles. The van der Waals surface area contributed by atoms with E-state index < -0.39 is 0 Å². The molecule has 3 nitrogen and oxygen atoms in total. The molecule has 0 bridgehead atoms. The summed E-state index contributed by atoms with van der Waals surface area (Å²) in [7, 11) is 0. The van der Waals surface area contributed by atoms with E-state index in [4.69, 9.17) is 0 Å². The van der Waals surface area contributed by atoms with Gasteiger partial charge in [-0.15, -0.1) is 0 Å². The van der Waals surface area contributed by atoms with Gasteiger partial charge in [-0.2, -0.15) is 5.10 Å². The number of nitrogens with one attached hydrogen (secondary N) is 1. The van der Waals surface area contributed by atoms with E-state index in [0.29, 0.717) is 0 Å². The first-order chi connectivity index (χ1) is 9.26. The highest BCUT2D eigenvalue weighted by Gasteiger charge is 2.11. The minimum Gasteiger partial charge on any atom is -0.313 e. The second-order valence-electron chi connectivity index (χ2n) is 4.54. The monoisotopic (exact) mass is 321 g/mol. The van der Waals surface area contributed by atoms with Crippen LogP contribution in [0, 0.1) is 0 Å². The SMILES string of the molecule is CCCc1c(CNCC)cnn1-c1ccc(Br)cc1. The summed E-state index contributed by atoms with van der Waals surface area (Å²) in [6.07, 6.45) is 4.16. The van der Waals surface area contributed by atoms with Gasteiger partial charge in [0.15, 0.2) is 0 Å². The molecule has 2 aromatic rings. The Bertz CT molecular complexity index is 517. The van der Waals surface area contributed by atoms with E-state index in [1.807, 2.05) is 6.20 Å². The molecule has 0 atom stereocenters. The lowest BCUT2D eigenvalue weighted by Crippen LogP contribution is -2.13. The second-order valence-corrected chi connectivity index (χ2v) is 5.45. The van der Waals surface area contributed by atoms with Crippen molar-refractivity contribution in [1.29, 1.82) is 0 Å². The van der Waals surface area contributed by atoms with Crippen LogP contribution >= 0.6 is 15.9 Å². The van der Waals surface area contributed by atoms with Crippen molar-refractivity contribution in [3.05, 3.63) is 46.2 Å². The van der Waals surface area contributed by atoms with Gasteiger partial charge in [-0.05, 0) is 37.2 Å². The summed E-state index contributed by atoms with van der Waals surface area (Å²) in [6.45, 7) is 6.20. The zero-order valence-corrected chi connectivity index (χ0v) is 13.1. The van der Waals surface area contributed by atoms with E-state index in [2.05, 4.69) is 69.1 Å². The van der Waals surface area contributed by atoms with Gasteiger partial charge >= 0.3 is 0 Å². The average Bonchev–Trinajstić information content (AvgIpc) is 2.81. The fourth-order valence-corrected chi connectivity index (χ4v) is 2.39. The van der Waals surface area contributed by atoms with Crippen molar-refractivity contribution in [3.8, 4) is 5.69 Å². The van der Waals surface area contributed by atoms with Crippen molar-refractivity contribution in [3.63, 3.8) is 0 Å². The van der Waals surface area contributed by atoms with E-state index in [-0.39, 0.29) is 0 Å². The smallest absolute Gasteiger partial charge is 0.0649 e. The maximum Gasteiger partial charge on any atom is 0.0649 e. The summed E-state index contributed by atoms with van der Waals surface area (Å²) in [5, 5.41) is 7.93. The summed E-state index contributed by atoms with van der Waals surface area (Å²) in [5.74, 6) is 0. The average molecular weight is 322 g/mol. The highest BCUT2D eigenvalue weighted by atomic mass is 79.9. The molecular weight excluding hydrogens is 302 g/mol. The van der Waals surface area contributed by atoms with E-state index in [1.165, 1.54) is 11.3 Å². The first-order valence-corrected chi connectivity index (χ1v) is 7.58. The molecule has 0 unspecified atom stereocenters. The molecule has 0 aliphatic rings. The summed E-state index contributed by atoms with van der Waals surface area (Å²) in [4.78, 5) is 0. The molecule has 1 N–H and O–H groups in total. The summed E-state index contributed by atoms with van der Waals surface area (Å²) in [5.41, 5.74) is 3.73. The molecule has 0 fully saturated rings. The van der Waals surface area contributed by atoms with Gasteiger partial charge in [-0.25, -0.2) is 4.68 Å². The zero-order chi connectivity index (χ0) is 13.7. The van der Waals surface area contributed by atoms with Crippen LogP contribution in [0.3, 0.4) is 0 Å². The lowest BCUT2D eigenvalue weighted by atomic mass is 10.1. The standard InChI is InChI=1S/C15H20BrN3/c1-3-5-15-12(10-17-4-2)11-18-19(15)14-8-6-13(16)7-9-14/h6-9,11,17H,3-5,10H2,1-2H3. The van der Waals surface area contributed by atoms with E-state index in [9.17, 15) is 0 Å². The molecule has 19 heavy (non-hydrogen) atoms. The second kappa shape index (κ2) is 6.87. The Hall–Kier alpha value is -1.13. The van der Waals surface area contributed by atoms with Gasteiger partial charge in [0.05, 0.1) is 11.9 Å². The van der Waals surface area contributed by atoms with Crippen molar-refractivity contribution in [2.45, 2.75) is 33.2 Å². The summed E-state index contributed by atoms with van der Waals surface area (Å²) in [6, 6.07) is 8.29. The Morgan fingerprint density at radius 1 is 1.21 bits per heavy atom. The van der Waals surface area contributed by atoms with Gasteiger partial charge in [0.2, 0.25) is 0 Å². The van der Waals surface area contributed by atoms with Crippen LogP contribution in [0.1, 0.15) is 31.5 Å². The minimum atomic E-state index is 0.891. The maximum atomic E-state index is 4.55. The van der Waals surface area contributed by atoms with Gasteiger partial charge in [0.1, 0.15) is 0 Å². The van der Waals surface area contributed by atoms with E-state index in [0.717, 1.165) is 36.1 Å². The number of nitrogens with zero attached hydrogens (tertiary/aromatic N) is 2. The zero-order valence-electron chi connectivity index (χ0n) is 11.5. The van der Waals surface area contributed by atoms with E-state index >= 15 is 0 Å². The molecule has 0 aliphatic heterocycles. The predicted octanol–water partition coefficient (Wildman–Crippen LogP) is 3.70. The van der Waals surface area contributed by atoms with Gasteiger partial charge in [0.25, 0.3) is 0 Å². The molecular formula is C15H20BrN3. The van der Waals surface area contributed by atoms with E-state index in [1.54, 1.807) is 0 Å². The van der Waals surface area contributed by atoms with Gasteiger partial charge in [-0.1, -0.05) is 36.2 Å². The Kier molecular flexibility index (Phi) is 5.16. The Labute approximate surface area is 123 Å². The quantitative estimate of drug-likeness (QED) is 0.879. The van der Waals surface area contributed by atoms with Crippen LogP contribution in [0.5, 0.6) is 0 Å².